The number of urea groups is 1. The van der Waals surface area contributed by atoms with Gasteiger partial charge in [0.25, 0.3) is 5.91 Å². The van der Waals surface area contributed by atoms with E-state index in [0.717, 1.165) is 25.7 Å². The van der Waals surface area contributed by atoms with Gasteiger partial charge in [0, 0.05) is 11.9 Å². The van der Waals surface area contributed by atoms with Crippen LogP contribution in [0.2, 0.25) is 0 Å². The molecule has 0 aliphatic heterocycles. The number of ether oxygens (including phenoxy) is 1. The first kappa shape index (κ1) is 14.5. The van der Waals surface area contributed by atoms with Crippen molar-refractivity contribution in [1.82, 2.24) is 10.6 Å². The smallest absolute Gasteiger partial charge is 0.348 e. The maximum Gasteiger partial charge on any atom is 0.348 e. The van der Waals surface area contributed by atoms with Gasteiger partial charge in [-0.25, -0.2) is 9.59 Å². The topological polar surface area (TPSA) is 84.5 Å². The van der Waals surface area contributed by atoms with E-state index in [0.29, 0.717) is 4.88 Å². The zero-order valence-corrected chi connectivity index (χ0v) is 12.0. The van der Waals surface area contributed by atoms with Crippen LogP contribution < -0.4 is 10.6 Å². The van der Waals surface area contributed by atoms with Gasteiger partial charge in [-0.2, -0.15) is 0 Å². The van der Waals surface area contributed by atoms with E-state index in [-0.39, 0.29) is 0 Å². The minimum atomic E-state index is -0.654. The van der Waals surface area contributed by atoms with E-state index >= 15 is 0 Å². The molecule has 0 unspecified atom stereocenters. The van der Waals surface area contributed by atoms with Crippen molar-refractivity contribution in [3.05, 3.63) is 21.4 Å². The van der Waals surface area contributed by atoms with Crippen molar-refractivity contribution in [2.45, 2.75) is 25.7 Å². The molecule has 0 saturated heterocycles. The Morgan fingerprint density at radius 3 is 2.75 bits per heavy atom. The van der Waals surface area contributed by atoms with Crippen LogP contribution in [0.4, 0.5) is 4.79 Å². The molecule has 2 rings (SSSR count). The Bertz CT molecular complexity index is 515. The third-order valence-electron chi connectivity index (χ3n) is 3.01. The van der Waals surface area contributed by atoms with Crippen LogP contribution in [0.3, 0.4) is 0 Å². The average Bonchev–Trinajstić information content (AvgIpc) is 2.88. The normalized spacial score (nSPS) is 13.2. The van der Waals surface area contributed by atoms with E-state index < -0.39 is 24.5 Å². The van der Waals surface area contributed by atoms with Crippen LogP contribution in [-0.4, -0.2) is 31.6 Å². The van der Waals surface area contributed by atoms with Crippen LogP contribution in [0.1, 0.15) is 33.0 Å². The summed E-state index contributed by atoms with van der Waals surface area (Å²) in [4.78, 5) is 35.8. The minimum Gasteiger partial charge on any atom is -0.451 e. The van der Waals surface area contributed by atoms with Crippen molar-refractivity contribution in [1.29, 1.82) is 0 Å². The van der Waals surface area contributed by atoms with E-state index in [9.17, 15) is 14.4 Å². The van der Waals surface area contributed by atoms with Gasteiger partial charge in [-0.1, -0.05) is 0 Å². The van der Waals surface area contributed by atoms with Gasteiger partial charge in [0.15, 0.2) is 6.61 Å². The molecule has 0 fully saturated rings. The van der Waals surface area contributed by atoms with E-state index in [2.05, 4.69) is 5.32 Å². The number of carbonyl (C=O) groups is 3. The third kappa shape index (κ3) is 3.57. The monoisotopic (exact) mass is 296 g/mol. The number of fused-ring (bicyclic) bond motifs is 1. The Morgan fingerprint density at radius 1 is 1.30 bits per heavy atom. The second-order valence-electron chi connectivity index (χ2n) is 4.47. The average molecular weight is 296 g/mol. The first-order valence-corrected chi connectivity index (χ1v) is 7.22. The molecule has 0 aromatic carbocycles. The zero-order valence-electron chi connectivity index (χ0n) is 11.2. The Balaban J connectivity index is 1.87. The lowest BCUT2D eigenvalue weighted by Crippen LogP contribution is -2.39. The molecule has 20 heavy (non-hydrogen) atoms. The fourth-order valence-electron chi connectivity index (χ4n) is 2.02. The van der Waals surface area contributed by atoms with E-state index in [4.69, 9.17) is 4.74 Å². The first-order chi connectivity index (χ1) is 9.60. The van der Waals surface area contributed by atoms with Crippen molar-refractivity contribution in [3.8, 4) is 0 Å². The summed E-state index contributed by atoms with van der Waals surface area (Å²) in [5, 5.41) is 4.26. The lowest BCUT2D eigenvalue weighted by atomic mass is 9.99. The molecule has 2 N–H and O–H groups in total. The summed E-state index contributed by atoms with van der Waals surface area (Å²) in [5.74, 6) is -1.17. The summed E-state index contributed by atoms with van der Waals surface area (Å²) in [6, 6.07) is 1.22. The highest BCUT2D eigenvalue weighted by Gasteiger charge is 2.19. The number of imide groups is 1. The summed E-state index contributed by atoms with van der Waals surface area (Å²) in [5.41, 5.74) is 1.21. The van der Waals surface area contributed by atoms with E-state index in [1.54, 1.807) is 0 Å². The molecule has 7 heteroatoms. The summed E-state index contributed by atoms with van der Waals surface area (Å²) >= 11 is 1.43. The molecule has 1 aromatic rings. The molecule has 6 nitrogen and oxygen atoms in total. The maximum absolute atomic E-state index is 11.8. The molecule has 1 heterocycles. The summed E-state index contributed by atoms with van der Waals surface area (Å²) < 4.78 is 4.89. The van der Waals surface area contributed by atoms with Gasteiger partial charge in [0.1, 0.15) is 4.88 Å². The van der Waals surface area contributed by atoms with Gasteiger partial charge in [-0.3, -0.25) is 10.1 Å². The lowest BCUT2D eigenvalue weighted by Gasteiger charge is -2.08. The van der Waals surface area contributed by atoms with E-state index in [1.165, 1.54) is 28.8 Å². The Kier molecular flexibility index (Phi) is 4.73. The van der Waals surface area contributed by atoms with Crippen LogP contribution in [0.15, 0.2) is 6.07 Å². The lowest BCUT2D eigenvalue weighted by molar-refractivity contribution is -0.123. The number of nitrogens with one attached hydrogen (secondary N) is 2. The number of aryl methyl sites for hydroxylation is 2. The predicted molar refractivity (Wildman–Crippen MR) is 73.8 cm³/mol. The molecule has 0 atom stereocenters. The summed E-state index contributed by atoms with van der Waals surface area (Å²) in [7, 11) is 1.39. The van der Waals surface area contributed by atoms with Gasteiger partial charge >= 0.3 is 12.0 Å². The Labute approximate surface area is 120 Å². The molecule has 1 aliphatic carbocycles. The largest absolute Gasteiger partial charge is 0.451 e. The van der Waals surface area contributed by atoms with Crippen molar-refractivity contribution in [2.24, 2.45) is 0 Å². The highest BCUT2D eigenvalue weighted by molar-refractivity contribution is 7.14. The zero-order chi connectivity index (χ0) is 14.5. The molecule has 0 bridgehead atoms. The summed E-state index contributed by atoms with van der Waals surface area (Å²) in [6.45, 7) is -0.463. The Morgan fingerprint density at radius 2 is 2.05 bits per heavy atom. The van der Waals surface area contributed by atoms with Gasteiger partial charge in [0.05, 0.1) is 0 Å². The molecule has 0 radical (unpaired) electrons. The number of rotatable bonds is 3. The predicted octanol–water partition coefficient (Wildman–Crippen LogP) is 1.24. The van der Waals surface area contributed by atoms with E-state index in [1.807, 2.05) is 11.4 Å². The van der Waals surface area contributed by atoms with Crippen molar-refractivity contribution in [3.63, 3.8) is 0 Å². The standard InChI is InChI=1S/C13H16N2O4S/c1-14-13(18)15-11(16)7-19-12(17)10-6-8-4-2-3-5-9(8)20-10/h6H,2-5,7H2,1H3,(H2,14,15,16,18). The van der Waals surface area contributed by atoms with Crippen molar-refractivity contribution >= 4 is 29.2 Å². The van der Waals surface area contributed by atoms with Gasteiger partial charge in [0.2, 0.25) is 0 Å². The number of esters is 1. The number of thiophene rings is 1. The van der Waals surface area contributed by atoms with Crippen LogP contribution in [0, 0.1) is 0 Å². The number of hydrogen-bond acceptors (Lipinski definition) is 5. The minimum absolute atomic E-state index is 0.463. The second kappa shape index (κ2) is 6.51. The van der Waals surface area contributed by atoms with Gasteiger partial charge in [-0.05, 0) is 37.3 Å². The molecular formula is C13H16N2O4S. The third-order valence-corrected chi connectivity index (χ3v) is 4.23. The second-order valence-corrected chi connectivity index (χ2v) is 5.61. The van der Waals surface area contributed by atoms with Gasteiger partial charge < -0.3 is 10.1 Å². The Hall–Kier alpha value is -1.89. The molecule has 0 spiro atoms. The molecule has 1 aliphatic rings. The highest BCUT2D eigenvalue weighted by atomic mass is 32.1. The highest BCUT2D eigenvalue weighted by Crippen LogP contribution is 2.29. The number of hydrogen-bond donors (Lipinski definition) is 2. The molecule has 3 amide bonds. The number of carbonyl (C=O) groups excluding carboxylic acids is 3. The fraction of sp³-hybridized carbons (Fsp3) is 0.462. The fourth-order valence-corrected chi connectivity index (χ4v) is 3.17. The molecule has 0 saturated carbocycles. The van der Waals surface area contributed by atoms with Gasteiger partial charge in [-0.15, -0.1) is 11.3 Å². The molecular weight excluding hydrogens is 280 g/mol. The van der Waals surface area contributed by atoms with Crippen molar-refractivity contribution < 1.29 is 19.1 Å². The van der Waals surface area contributed by atoms with Crippen molar-refractivity contribution in [2.75, 3.05) is 13.7 Å². The SMILES string of the molecule is CNC(=O)NC(=O)COC(=O)c1cc2c(s1)CCCC2. The number of amides is 3. The molecule has 108 valence electrons. The molecule has 1 aromatic heterocycles. The summed E-state index contributed by atoms with van der Waals surface area (Å²) in [6.07, 6.45) is 4.30. The van der Waals surface area contributed by atoms with Crippen LogP contribution >= 0.6 is 11.3 Å². The van der Waals surface area contributed by atoms with Crippen LogP contribution in [0.25, 0.3) is 0 Å². The van der Waals surface area contributed by atoms with Crippen LogP contribution in [0.5, 0.6) is 0 Å². The maximum atomic E-state index is 11.8. The quantitative estimate of drug-likeness (QED) is 0.822. The van der Waals surface area contributed by atoms with Crippen LogP contribution in [-0.2, 0) is 22.4 Å². The first-order valence-electron chi connectivity index (χ1n) is 6.40.